The van der Waals surface area contributed by atoms with Gasteiger partial charge in [-0.2, -0.15) is 0 Å². The quantitative estimate of drug-likeness (QED) is 0.514. The molecule has 0 saturated carbocycles. The molecule has 2 atom stereocenters. The molecule has 0 radical (unpaired) electrons. The molecule has 0 spiro atoms. The number of hydrogen-bond donors (Lipinski definition) is 1. The number of nitrogens with two attached hydrogens (primary N) is 1. The fraction of sp³-hybridized carbons (Fsp3) is 0.429. The lowest BCUT2D eigenvalue weighted by Crippen LogP contribution is -2.39. The standard InChI is InChI=1S/C14H19NO4/c1-4-9(2)12(15)13(16)19-14(17)18-11-8-6-5-7-10(11)3/h5-9,12H,4,15H2,1-3H3/t9-,12-/m0/s1. The smallest absolute Gasteiger partial charge is 0.394 e. The molecule has 0 aliphatic heterocycles. The highest BCUT2D eigenvalue weighted by molar-refractivity contribution is 5.86. The second kappa shape index (κ2) is 6.89. The SMILES string of the molecule is CC[C@H](C)[C@H](N)C(=O)OC(=O)Oc1ccccc1C. The predicted octanol–water partition coefficient (Wildman–Crippen LogP) is 2.41. The molecule has 0 bridgehead atoms. The predicted molar refractivity (Wildman–Crippen MR) is 70.7 cm³/mol. The highest BCUT2D eigenvalue weighted by Gasteiger charge is 2.24. The van der Waals surface area contributed by atoms with E-state index in [2.05, 4.69) is 4.74 Å². The van der Waals surface area contributed by atoms with Crippen molar-refractivity contribution in [3.8, 4) is 5.75 Å². The van der Waals surface area contributed by atoms with Crippen LogP contribution < -0.4 is 10.5 Å². The van der Waals surface area contributed by atoms with Gasteiger partial charge in [0.05, 0.1) is 0 Å². The zero-order valence-corrected chi connectivity index (χ0v) is 11.4. The minimum Gasteiger partial charge on any atom is -0.394 e. The average Bonchev–Trinajstić information content (AvgIpc) is 2.39. The van der Waals surface area contributed by atoms with E-state index in [1.54, 1.807) is 25.1 Å². The summed E-state index contributed by atoms with van der Waals surface area (Å²) < 4.78 is 9.51. The Morgan fingerprint density at radius 3 is 2.53 bits per heavy atom. The Labute approximate surface area is 112 Å². The molecule has 0 amide bonds. The molecule has 0 heterocycles. The van der Waals surface area contributed by atoms with Crippen LogP contribution in [0.1, 0.15) is 25.8 Å². The average molecular weight is 265 g/mol. The van der Waals surface area contributed by atoms with Crippen LogP contribution in [0, 0.1) is 12.8 Å². The Morgan fingerprint density at radius 1 is 1.32 bits per heavy atom. The maximum absolute atomic E-state index is 11.6. The minimum atomic E-state index is -1.06. The van der Waals surface area contributed by atoms with Crippen molar-refractivity contribution >= 4 is 12.1 Å². The van der Waals surface area contributed by atoms with Gasteiger partial charge >= 0.3 is 12.1 Å². The fourth-order valence-corrected chi connectivity index (χ4v) is 1.42. The van der Waals surface area contributed by atoms with Gasteiger partial charge in [-0.15, -0.1) is 0 Å². The first-order valence-corrected chi connectivity index (χ1v) is 6.20. The third kappa shape index (κ3) is 4.37. The molecule has 19 heavy (non-hydrogen) atoms. The molecule has 0 fully saturated rings. The van der Waals surface area contributed by atoms with Gasteiger partial charge in [0, 0.05) is 0 Å². The molecule has 104 valence electrons. The number of carbonyl (C=O) groups is 2. The zero-order chi connectivity index (χ0) is 14.4. The Hall–Kier alpha value is -1.88. The normalized spacial score (nSPS) is 13.5. The minimum absolute atomic E-state index is 0.0567. The highest BCUT2D eigenvalue weighted by atomic mass is 16.7. The third-order valence-corrected chi connectivity index (χ3v) is 3.00. The number of aryl methyl sites for hydroxylation is 1. The Morgan fingerprint density at radius 2 is 1.95 bits per heavy atom. The van der Waals surface area contributed by atoms with Crippen molar-refractivity contribution in [2.75, 3.05) is 0 Å². The topological polar surface area (TPSA) is 78.6 Å². The van der Waals surface area contributed by atoms with Crippen molar-refractivity contribution in [1.29, 1.82) is 0 Å². The summed E-state index contributed by atoms with van der Waals surface area (Å²) in [6.45, 7) is 5.51. The summed E-state index contributed by atoms with van der Waals surface area (Å²) in [5.41, 5.74) is 6.44. The first-order chi connectivity index (χ1) is 8.95. The molecule has 5 heteroatoms. The van der Waals surface area contributed by atoms with Crippen molar-refractivity contribution in [2.45, 2.75) is 33.2 Å². The van der Waals surface area contributed by atoms with Gasteiger partial charge in [0.15, 0.2) is 0 Å². The summed E-state index contributed by atoms with van der Waals surface area (Å²) >= 11 is 0. The summed E-state index contributed by atoms with van der Waals surface area (Å²) in [6.07, 6.45) is -0.332. The third-order valence-electron chi connectivity index (χ3n) is 3.00. The van der Waals surface area contributed by atoms with Gasteiger partial charge in [0.25, 0.3) is 0 Å². The number of esters is 1. The maximum atomic E-state index is 11.6. The van der Waals surface area contributed by atoms with Crippen LogP contribution in [0.3, 0.4) is 0 Å². The molecule has 5 nitrogen and oxygen atoms in total. The number of benzene rings is 1. The molecule has 0 saturated heterocycles. The Balaban J connectivity index is 2.57. The van der Waals surface area contributed by atoms with Crippen molar-refractivity contribution in [3.63, 3.8) is 0 Å². The first-order valence-electron chi connectivity index (χ1n) is 6.20. The van der Waals surface area contributed by atoms with Gasteiger partial charge in [-0.05, 0) is 24.5 Å². The van der Waals surface area contributed by atoms with E-state index in [0.717, 1.165) is 12.0 Å². The van der Waals surface area contributed by atoms with E-state index >= 15 is 0 Å². The molecule has 2 N–H and O–H groups in total. The Kier molecular flexibility index (Phi) is 5.51. The lowest BCUT2D eigenvalue weighted by atomic mass is 10.0. The van der Waals surface area contributed by atoms with Crippen LogP contribution in [0.2, 0.25) is 0 Å². The van der Waals surface area contributed by atoms with E-state index in [-0.39, 0.29) is 5.92 Å². The number of carbonyl (C=O) groups excluding carboxylic acids is 2. The van der Waals surface area contributed by atoms with E-state index in [1.165, 1.54) is 0 Å². The second-order valence-corrected chi connectivity index (χ2v) is 4.45. The molecule has 0 aliphatic rings. The number of rotatable bonds is 4. The molecule has 0 aliphatic carbocycles. The molecular weight excluding hydrogens is 246 g/mol. The number of hydrogen-bond acceptors (Lipinski definition) is 5. The van der Waals surface area contributed by atoms with Crippen LogP contribution in [0.4, 0.5) is 4.79 Å². The van der Waals surface area contributed by atoms with Gasteiger partial charge in [-0.25, -0.2) is 9.59 Å². The summed E-state index contributed by atoms with van der Waals surface area (Å²) in [5, 5.41) is 0. The molecule has 1 rings (SSSR count). The molecule has 1 aromatic rings. The van der Waals surface area contributed by atoms with Gasteiger partial charge in [-0.3, -0.25) is 0 Å². The largest absolute Gasteiger partial charge is 0.521 e. The van der Waals surface area contributed by atoms with Crippen molar-refractivity contribution in [3.05, 3.63) is 29.8 Å². The van der Waals surface area contributed by atoms with E-state index in [0.29, 0.717) is 5.75 Å². The zero-order valence-electron chi connectivity index (χ0n) is 11.4. The van der Waals surface area contributed by atoms with E-state index in [9.17, 15) is 9.59 Å². The van der Waals surface area contributed by atoms with E-state index in [4.69, 9.17) is 10.5 Å². The summed E-state index contributed by atoms with van der Waals surface area (Å²) in [4.78, 5) is 23.1. The monoisotopic (exact) mass is 265 g/mol. The number of ether oxygens (including phenoxy) is 2. The van der Waals surface area contributed by atoms with Crippen LogP contribution in [0.15, 0.2) is 24.3 Å². The summed E-state index contributed by atoms with van der Waals surface area (Å²) in [7, 11) is 0. The van der Waals surface area contributed by atoms with E-state index in [1.807, 2.05) is 19.9 Å². The maximum Gasteiger partial charge on any atom is 0.521 e. The van der Waals surface area contributed by atoms with Gasteiger partial charge in [0.2, 0.25) is 0 Å². The number of para-hydroxylation sites is 1. The lowest BCUT2D eigenvalue weighted by Gasteiger charge is -2.15. The van der Waals surface area contributed by atoms with Crippen molar-refractivity contribution in [1.82, 2.24) is 0 Å². The van der Waals surface area contributed by atoms with Crippen LogP contribution in [-0.2, 0) is 9.53 Å². The fourth-order valence-electron chi connectivity index (χ4n) is 1.42. The van der Waals surface area contributed by atoms with Crippen molar-refractivity contribution in [2.24, 2.45) is 11.7 Å². The van der Waals surface area contributed by atoms with Gasteiger partial charge < -0.3 is 15.2 Å². The summed E-state index contributed by atoms with van der Waals surface area (Å²) in [6, 6.07) is 6.12. The van der Waals surface area contributed by atoms with Crippen LogP contribution >= 0.6 is 0 Å². The van der Waals surface area contributed by atoms with Crippen molar-refractivity contribution < 1.29 is 19.1 Å². The molecular formula is C14H19NO4. The van der Waals surface area contributed by atoms with Crippen LogP contribution in [-0.4, -0.2) is 18.2 Å². The lowest BCUT2D eigenvalue weighted by molar-refractivity contribution is -0.141. The van der Waals surface area contributed by atoms with E-state index < -0.39 is 18.2 Å². The summed E-state index contributed by atoms with van der Waals surface area (Å²) in [5.74, 6) is -0.468. The first kappa shape index (κ1) is 15.2. The highest BCUT2D eigenvalue weighted by Crippen LogP contribution is 2.17. The van der Waals surface area contributed by atoms with Crippen LogP contribution in [0.25, 0.3) is 0 Å². The Bertz CT molecular complexity index is 459. The second-order valence-electron chi connectivity index (χ2n) is 4.45. The van der Waals surface area contributed by atoms with Gasteiger partial charge in [-0.1, -0.05) is 38.5 Å². The molecule has 0 aromatic heterocycles. The molecule has 1 aromatic carbocycles. The van der Waals surface area contributed by atoms with Gasteiger partial charge in [0.1, 0.15) is 11.8 Å². The molecule has 0 unspecified atom stereocenters. The van der Waals surface area contributed by atoms with Crippen LogP contribution in [0.5, 0.6) is 5.75 Å².